The van der Waals surface area contributed by atoms with Gasteiger partial charge in [0.25, 0.3) is 0 Å². The number of carbonyl (C=O) groups excluding carboxylic acids is 1. The fourth-order valence-electron chi connectivity index (χ4n) is 2.46. The first kappa shape index (κ1) is 16.3. The molecule has 2 aromatic heterocycles. The minimum Gasteiger partial charge on any atom is -0.302 e. The summed E-state index contributed by atoms with van der Waals surface area (Å²) in [6, 6.07) is 1.68. The number of aromatic nitrogens is 4. The number of carbonyl (C=O) groups is 1. The molecule has 0 spiro atoms. The fraction of sp³-hybridized carbons (Fsp3) is 0.385. The zero-order valence-electron chi connectivity index (χ0n) is 12.1. The van der Waals surface area contributed by atoms with Gasteiger partial charge in [0.05, 0.1) is 11.9 Å². The van der Waals surface area contributed by atoms with Gasteiger partial charge in [-0.25, -0.2) is 0 Å². The maximum atomic E-state index is 12.5. The van der Waals surface area contributed by atoms with Crippen molar-refractivity contribution in [1.29, 1.82) is 5.26 Å². The van der Waals surface area contributed by atoms with Crippen LogP contribution >= 0.6 is 11.6 Å². The third kappa shape index (κ3) is 2.71. The molecular formula is C13H10ClF3N6O. The number of nitrogens with one attached hydrogen (secondary N) is 1. The molecule has 0 bridgehead atoms. The number of nitrogens with zero attached hydrogens (tertiary/aromatic N) is 5. The van der Waals surface area contributed by atoms with Crippen LogP contribution in [0.5, 0.6) is 0 Å². The SMILES string of the molecule is N#Cc1cnn(-c2nn3c(c2Cl)CCCC3)c1NC(=O)C(F)(F)F. The van der Waals surface area contributed by atoms with Crippen molar-refractivity contribution in [2.24, 2.45) is 0 Å². The number of nitriles is 1. The van der Waals surface area contributed by atoms with E-state index in [2.05, 4.69) is 10.2 Å². The van der Waals surface area contributed by atoms with Crippen LogP contribution in [0.15, 0.2) is 6.20 Å². The Bertz CT molecular complexity index is 847. The molecule has 3 rings (SSSR count). The fourth-order valence-corrected chi connectivity index (χ4v) is 2.77. The van der Waals surface area contributed by atoms with Crippen LogP contribution in [-0.4, -0.2) is 31.6 Å². The first-order chi connectivity index (χ1) is 11.3. The number of aryl methyl sites for hydroxylation is 1. The summed E-state index contributed by atoms with van der Waals surface area (Å²) in [6.45, 7) is 0.631. The summed E-state index contributed by atoms with van der Waals surface area (Å²) in [6.07, 6.45) is -1.54. The van der Waals surface area contributed by atoms with Gasteiger partial charge in [0, 0.05) is 6.54 Å². The Kier molecular flexibility index (Phi) is 3.96. The van der Waals surface area contributed by atoms with Crippen molar-refractivity contribution in [3.8, 4) is 11.9 Å². The molecule has 126 valence electrons. The van der Waals surface area contributed by atoms with Gasteiger partial charge in [0.2, 0.25) is 0 Å². The quantitative estimate of drug-likeness (QED) is 0.893. The van der Waals surface area contributed by atoms with Gasteiger partial charge in [0.15, 0.2) is 11.6 Å². The van der Waals surface area contributed by atoms with Gasteiger partial charge in [-0.3, -0.25) is 9.48 Å². The van der Waals surface area contributed by atoms with Gasteiger partial charge in [-0.05, 0) is 19.3 Å². The molecule has 24 heavy (non-hydrogen) atoms. The molecule has 1 amide bonds. The third-order valence-corrected chi connectivity index (χ3v) is 3.98. The van der Waals surface area contributed by atoms with Crippen LogP contribution < -0.4 is 5.32 Å². The van der Waals surface area contributed by atoms with Crippen LogP contribution in [0.4, 0.5) is 19.0 Å². The molecule has 2 aromatic rings. The van der Waals surface area contributed by atoms with E-state index in [1.807, 2.05) is 0 Å². The summed E-state index contributed by atoms with van der Waals surface area (Å²) in [5.41, 5.74) is 0.523. The van der Waals surface area contributed by atoms with Crippen LogP contribution in [-0.2, 0) is 17.8 Å². The van der Waals surface area contributed by atoms with Crippen LogP contribution in [0, 0.1) is 11.3 Å². The molecule has 0 aromatic carbocycles. The molecule has 3 heterocycles. The lowest BCUT2D eigenvalue weighted by molar-refractivity contribution is -0.167. The Balaban J connectivity index is 2.07. The average Bonchev–Trinajstić information content (AvgIpc) is 3.08. The molecule has 0 unspecified atom stereocenters. The number of halogens is 4. The van der Waals surface area contributed by atoms with Crippen molar-refractivity contribution >= 4 is 23.3 Å². The minimum atomic E-state index is -5.10. The van der Waals surface area contributed by atoms with Gasteiger partial charge in [-0.2, -0.15) is 33.3 Å². The summed E-state index contributed by atoms with van der Waals surface area (Å²) in [4.78, 5) is 11.2. The summed E-state index contributed by atoms with van der Waals surface area (Å²) < 4.78 is 40.1. The van der Waals surface area contributed by atoms with Gasteiger partial charge < -0.3 is 5.32 Å². The third-order valence-electron chi connectivity index (χ3n) is 3.59. The van der Waals surface area contributed by atoms with E-state index in [0.29, 0.717) is 13.0 Å². The molecule has 1 aliphatic rings. The lowest BCUT2D eigenvalue weighted by Gasteiger charge is -2.12. The number of amides is 1. The van der Waals surface area contributed by atoms with E-state index >= 15 is 0 Å². The molecule has 0 atom stereocenters. The van der Waals surface area contributed by atoms with Crippen LogP contribution in [0.2, 0.25) is 5.02 Å². The van der Waals surface area contributed by atoms with E-state index in [-0.39, 0.29) is 16.4 Å². The van der Waals surface area contributed by atoms with E-state index in [9.17, 15) is 18.0 Å². The maximum Gasteiger partial charge on any atom is 0.471 e. The Labute approximate surface area is 138 Å². The second-order valence-corrected chi connectivity index (χ2v) is 5.52. The van der Waals surface area contributed by atoms with E-state index in [4.69, 9.17) is 16.9 Å². The highest BCUT2D eigenvalue weighted by atomic mass is 35.5. The Morgan fingerprint density at radius 2 is 2.17 bits per heavy atom. The highest BCUT2D eigenvalue weighted by Crippen LogP contribution is 2.31. The highest BCUT2D eigenvalue weighted by Gasteiger charge is 2.40. The smallest absolute Gasteiger partial charge is 0.302 e. The average molecular weight is 359 g/mol. The van der Waals surface area contributed by atoms with Crippen molar-refractivity contribution in [2.75, 3.05) is 5.32 Å². The predicted octanol–water partition coefficient (Wildman–Crippen LogP) is 2.43. The summed E-state index contributed by atoms with van der Waals surface area (Å²) >= 11 is 6.27. The second kappa shape index (κ2) is 5.83. The summed E-state index contributed by atoms with van der Waals surface area (Å²) in [5.74, 6) is -2.55. The zero-order valence-corrected chi connectivity index (χ0v) is 12.8. The van der Waals surface area contributed by atoms with Crippen molar-refractivity contribution in [3.05, 3.63) is 22.5 Å². The van der Waals surface area contributed by atoms with Crippen LogP contribution in [0.1, 0.15) is 24.1 Å². The largest absolute Gasteiger partial charge is 0.471 e. The standard InChI is InChI=1S/C13H10ClF3N6O/c14-9-8-3-1-2-4-22(8)21-11(9)23-10(7(5-18)6-19-23)20-12(24)13(15,16)17/h6H,1-4H2,(H,20,24). The lowest BCUT2D eigenvalue weighted by Crippen LogP contribution is -2.31. The van der Waals surface area contributed by atoms with E-state index in [1.54, 1.807) is 16.1 Å². The van der Waals surface area contributed by atoms with Crippen molar-refractivity contribution in [2.45, 2.75) is 32.0 Å². The number of rotatable bonds is 2. The first-order valence-electron chi connectivity index (χ1n) is 6.94. The number of alkyl halides is 3. The van der Waals surface area contributed by atoms with Crippen LogP contribution in [0.25, 0.3) is 5.82 Å². The highest BCUT2D eigenvalue weighted by molar-refractivity contribution is 6.33. The zero-order chi connectivity index (χ0) is 17.5. The van der Waals surface area contributed by atoms with Gasteiger partial charge in [0.1, 0.15) is 16.7 Å². The Morgan fingerprint density at radius 3 is 2.79 bits per heavy atom. The predicted molar refractivity (Wildman–Crippen MR) is 76.7 cm³/mol. The normalized spacial score (nSPS) is 14.1. The lowest BCUT2D eigenvalue weighted by atomic mass is 10.1. The van der Waals surface area contributed by atoms with E-state index < -0.39 is 17.9 Å². The minimum absolute atomic E-state index is 0.0764. The first-order valence-corrected chi connectivity index (χ1v) is 7.32. The van der Waals surface area contributed by atoms with Crippen molar-refractivity contribution in [3.63, 3.8) is 0 Å². The van der Waals surface area contributed by atoms with Crippen molar-refractivity contribution < 1.29 is 18.0 Å². The summed E-state index contributed by atoms with van der Waals surface area (Å²) in [5, 5.41) is 19.0. The summed E-state index contributed by atoms with van der Waals surface area (Å²) in [7, 11) is 0. The molecule has 0 aliphatic carbocycles. The van der Waals surface area contributed by atoms with Gasteiger partial charge in [-0.15, -0.1) is 0 Å². The molecule has 0 saturated carbocycles. The monoisotopic (exact) mass is 358 g/mol. The second-order valence-electron chi connectivity index (χ2n) is 5.15. The van der Waals surface area contributed by atoms with Crippen LogP contribution in [0.3, 0.4) is 0 Å². The molecule has 7 nitrogen and oxygen atoms in total. The molecular weight excluding hydrogens is 349 g/mol. The molecule has 0 radical (unpaired) electrons. The molecule has 0 saturated heterocycles. The Hall–Kier alpha value is -2.54. The van der Waals surface area contributed by atoms with E-state index in [1.165, 1.54) is 0 Å². The van der Waals surface area contributed by atoms with Crippen molar-refractivity contribution in [1.82, 2.24) is 19.6 Å². The topological polar surface area (TPSA) is 88.5 Å². The number of hydrogen-bond acceptors (Lipinski definition) is 4. The Morgan fingerprint density at radius 1 is 1.42 bits per heavy atom. The number of hydrogen-bond donors (Lipinski definition) is 1. The number of anilines is 1. The molecule has 1 N–H and O–H groups in total. The molecule has 1 aliphatic heterocycles. The van der Waals surface area contributed by atoms with E-state index in [0.717, 1.165) is 29.4 Å². The molecule has 0 fully saturated rings. The maximum absolute atomic E-state index is 12.5. The molecule has 11 heteroatoms. The van der Waals surface area contributed by atoms with Gasteiger partial charge in [-0.1, -0.05) is 11.6 Å². The number of fused-ring (bicyclic) bond motifs is 1. The van der Waals surface area contributed by atoms with Gasteiger partial charge >= 0.3 is 12.1 Å².